The summed E-state index contributed by atoms with van der Waals surface area (Å²) in [6, 6.07) is 0.583. The molecule has 14 heavy (non-hydrogen) atoms. The average molecular weight is 237 g/mol. The van der Waals surface area contributed by atoms with E-state index in [1.807, 2.05) is 18.7 Å². The van der Waals surface area contributed by atoms with E-state index in [1.54, 1.807) is 0 Å². The molecule has 1 fully saturated rings. The summed E-state index contributed by atoms with van der Waals surface area (Å²) in [6.07, 6.45) is 3.72. The van der Waals surface area contributed by atoms with Gasteiger partial charge in [-0.05, 0) is 25.5 Å². The lowest BCUT2D eigenvalue weighted by Crippen LogP contribution is -2.42. The van der Waals surface area contributed by atoms with E-state index in [0.717, 1.165) is 5.75 Å². The molecule has 84 valence electrons. The van der Waals surface area contributed by atoms with Crippen LogP contribution in [-0.4, -0.2) is 44.0 Å². The minimum atomic E-state index is -2.84. The zero-order valence-corrected chi connectivity index (χ0v) is 10.5. The predicted octanol–water partition coefficient (Wildman–Crippen LogP) is 0.905. The van der Waals surface area contributed by atoms with Crippen molar-refractivity contribution in [1.29, 1.82) is 0 Å². The van der Waals surface area contributed by atoms with Crippen LogP contribution in [-0.2, 0) is 9.84 Å². The van der Waals surface area contributed by atoms with Gasteiger partial charge in [-0.3, -0.25) is 0 Å². The Morgan fingerprint density at radius 1 is 1.57 bits per heavy atom. The molecule has 0 aromatic heterocycles. The van der Waals surface area contributed by atoms with Crippen molar-refractivity contribution in [3.63, 3.8) is 0 Å². The maximum absolute atomic E-state index is 11.0. The van der Waals surface area contributed by atoms with Crippen LogP contribution < -0.4 is 5.32 Å². The summed E-state index contributed by atoms with van der Waals surface area (Å²) in [6.45, 7) is 1.94. The fraction of sp³-hybridized carbons (Fsp3) is 1.00. The lowest BCUT2D eigenvalue weighted by molar-refractivity contribution is 0.460. The minimum absolute atomic E-state index is 0.0775. The first-order chi connectivity index (χ1) is 6.47. The third-order valence-electron chi connectivity index (χ3n) is 2.23. The lowest BCUT2D eigenvalue weighted by atomic mass is 10.1. The highest BCUT2D eigenvalue weighted by Crippen LogP contribution is 2.17. The normalized spacial score (nSPS) is 26.0. The first-order valence-electron chi connectivity index (χ1n) is 4.99. The smallest absolute Gasteiger partial charge is 0.148 e. The number of sulfone groups is 1. The average Bonchev–Trinajstić information content (AvgIpc) is 2.02. The molecule has 1 saturated heterocycles. The summed E-state index contributed by atoms with van der Waals surface area (Å²) in [5.74, 6) is 2.61. The Balaban J connectivity index is 2.28. The van der Waals surface area contributed by atoms with E-state index in [2.05, 4.69) is 5.32 Å². The van der Waals surface area contributed by atoms with Gasteiger partial charge in [0.15, 0.2) is 0 Å². The molecule has 0 aliphatic carbocycles. The van der Waals surface area contributed by atoms with E-state index < -0.39 is 9.84 Å². The van der Waals surface area contributed by atoms with Crippen LogP contribution in [0.5, 0.6) is 0 Å². The molecule has 0 spiro atoms. The van der Waals surface area contributed by atoms with Gasteiger partial charge in [-0.1, -0.05) is 0 Å². The van der Waals surface area contributed by atoms with E-state index in [-0.39, 0.29) is 11.8 Å². The summed E-state index contributed by atoms with van der Waals surface area (Å²) in [5.41, 5.74) is 0. The molecule has 5 heteroatoms. The SMILES string of the molecule is CC(CS(C)(=O)=O)NC1CCCSC1. The Labute approximate surface area is 91.0 Å². The van der Waals surface area contributed by atoms with Gasteiger partial charge in [0.1, 0.15) is 9.84 Å². The second-order valence-electron chi connectivity index (χ2n) is 4.07. The highest BCUT2D eigenvalue weighted by atomic mass is 32.2. The molecule has 0 saturated carbocycles. The van der Waals surface area contributed by atoms with Gasteiger partial charge >= 0.3 is 0 Å². The van der Waals surface area contributed by atoms with Gasteiger partial charge in [-0.15, -0.1) is 0 Å². The van der Waals surface area contributed by atoms with E-state index >= 15 is 0 Å². The number of rotatable bonds is 4. The van der Waals surface area contributed by atoms with Crippen LogP contribution in [0.15, 0.2) is 0 Å². The molecule has 0 aromatic carbocycles. The Morgan fingerprint density at radius 3 is 2.79 bits per heavy atom. The highest BCUT2D eigenvalue weighted by molar-refractivity contribution is 7.99. The molecule has 1 aliphatic heterocycles. The molecule has 2 unspecified atom stereocenters. The topological polar surface area (TPSA) is 46.2 Å². The summed E-state index contributed by atoms with van der Waals surface area (Å²) >= 11 is 1.95. The quantitative estimate of drug-likeness (QED) is 0.789. The van der Waals surface area contributed by atoms with E-state index in [4.69, 9.17) is 0 Å². The second kappa shape index (κ2) is 5.37. The zero-order valence-electron chi connectivity index (χ0n) is 8.82. The van der Waals surface area contributed by atoms with E-state index in [9.17, 15) is 8.42 Å². The standard InChI is InChI=1S/C9H19NO2S2/c1-8(7-14(2,11)12)10-9-4-3-5-13-6-9/h8-10H,3-7H2,1-2H3. The molecule has 0 aromatic rings. The summed E-state index contributed by atoms with van der Waals surface area (Å²) < 4.78 is 22.1. The number of hydrogen-bond acceptors (Lipinski definition) is 4. The third-order valence-corrected chi connectivity index (χ3v) is 4.55. The minimum Gasteiger partial charge on any atom is -0.310 e. The van der Waals surface area contributed by atoms with Gasteiger partial charge in [0, 0.05) is 24.1 Å². The lowest BCUT2D eigenvalue weighted by Gasteiger charge is -2.25. The number of nitrogens with one attached hydrogen (secondary N) is 1. The summed E-state index contributed by atoms with van der Waals surface area (Å²) in [5, 5.41) is 3.38. The van der Waals surface area contributed by atoms with Crippen LogP contribution in [0.1, 0.15) is 19.8 Å². The van der Waals surface area contributed by atoms with Crippen molar-refractivity contribution >= 4 is 21.6 Å². The summed E-state index contributed by atoms with van der Waals surface area (Å²) in [4.78, 5) is 0. The predicted molar refractivity (Wildman–Crippen MR) is 62.7 cm³/mol. The second-order valence-corrected chi connectivity index (χ2v) is 7.41. The van der Waals surface area contributed by atoms with Crippen molar-refractivity contribution in [2.75, 3.05) is 23.5 Å². The van der Waals surface area contributed by atoms with Crippen molar-refractivity contribution in [3.8, 4) is 0 Å². The molecular formula is C9H19NO2S2. The largest absolute Gasteiger partial charge is 0.310 e. The number of hydrogen-bond donors (Lipinski definition) is 1. The van der Waals surface area contributed by atoms with Crippen LogP contribution in [0.4, 0.5) is 0 Å². The van der Waals surface area contributed by atoms with Gasteiger partial charge in [0.25, 0.3) is 0 Å². The molecule has 0 radical (unpaired) electrons. The Hall–Kier alpha value is 0.260. The molecule has 3 nitrogen and oxygen atoms in total. The van der Waals surface area contributed by atoms with Crippen molar-refractivity contribution in [2.24, 2.45) is 0 Å². The van der Waals surface area contributed by atoms with Crippen molar-refractivity contribution in [2.45, 2.75) is 31.8 Å². The molecular weight excluding hydrogens is 218 g/mol. The van der Waals surface area contributed by atoms with Gasteiger partial charge in [-0.25, -0.2) is 8.42 Å². The highest BCUT2D eigenvalue weighted by Gasteiger charge is 2.17. The maximum atomic E-state index is 11.0. The molecule has 1 N–H and O–H groups in total. The third kappa shape index (κ3) is 5.22. The Morgan fingerprint density at radius 2 is 2.29 bits per heavy atom. The van der Waals surface area contributed by atoms with Crippen LogP contribution in [0, 0.1) is 0 Å². The Kier molecular flexibility index (Phi) is 4.73. The van der Waals surface area contributed by atoms with Crippen LogP contribution in [0.25, 0.3) is 0 Å². The molecule has 1 rings (SSSR count). The fourth-order valence-corrected chi connectivity index (χ4v) is 3.87. The van der Waals surface area contributed by atoms with E-state index in [0.29, 0.717) is 6.04 Å². The monoisotopic (exact) mass is 237 g/mol. The molecule has 0 bridgehead atoms. The van der Waals surface area contributed by atoms with Gasteiger partial charge in [-0.2, -0.15) is 11.8 Å². The Bertz CT molecular complexity index is 258. The van der Waals surface area contributed by atoms with Crippen LogP contribution in [0.3, 0.4) is 0 Å². The fourth-order valence-electron chi connectivity index (χ4n) is 1.78. The van der Waals surface area contributed by atoms with Gasteiger partial charge in [0.05, 0.1) is 5.75 Å². The van der Waals surface area contributed by atoms with Crippen LogP contribution in [0.2, 0.25) is 0 Å². The molecule has 0 amide bonds. The van der Waals surface area contributed by atoms with E-state index in [1.165, 1.54) is 24.9 Å². The van der Waals surface area contributed by atoms with Crippen molar-refractivity contribution < 1.29 is 8.42 Å². The zero-order chi connectivity index (χ0) is 10.6. The number of thioether (sulfide) groups is 1. The van der Waals surface area contributed by atoms with Crippen molar-refractivity contribution in [3.05, 3.63) is 0 Å². The molecule has 2 atom stereocenters. The first-order valence-corrected chi connectivity index (χ1v) is 8.20. The van der Waals surface area contributed by atoms with Gasteiger partial charge < -0.3 is 5.32 Å². The summed E-state index contributed by atoms with van der Waals surface area (Å²) in [7, 11) is -2.84. The van der Waals surface area contributed by atoms with Crippen LogP contribution >= 0.6 is 11.8 Å². The first kappa shape index (κ1) is 12.3. The molecule has 1 heterocycles. The molecule has 1 aliphatic rings. The van der Waals surface area contributed by atoms with Crippen molar-refractivity contribution in [1.82, 2.24) is 5.32 Å². The van der Waals surface area contributed by atoms with Gasteiger partial charge in [0.2, 0.25) is 0 Å². The maximum Gasteiger partial charge on any atom is 0.148 e.